The average Bonchev–Trinajstić information content (AvgIpc) is 3.04. The van der Waals surface area contributed by atoms with Gasteiger partial charge in [0, 0.05) is 25.1 Å². The Morgan fingerprint density at radius 2 is 1.96 bits per heavy atom. The topological polar surface area (TPSA) is 79.6 Å². The van der Waals surface area contributed by atoms with Gasteiger partial charge in [-0.1, -0.05) is 6.92 Å². The Kier molecular flexibility index (Phi) is 5.46. The van der Waals surface area contributed by atoms with Gasteiger partial charge in [0.2, 0.25) is 5.91 Å². The van der Waals surface area contributed by atoms with E-state index >= 15 is 0 Å². The standard InChI is InChI=1S/C20H24N2O4/c1-13-3-6-16(7-4-13)22-12-15(10-19(22)23)20(24)26-17-8-5-14(11-21)9-18(17)25-2/h5,8-9,13,15-16H,3-4,6-7,10,12H2,1-2H3. The zero-order valence-electron chi connectivity index (χ0n) is 15.2. The number of carbonyl (C=O) groups excluding carboxylic acids is 2. The number of amides is 1. The Morgan fingerprint density at radius 3 is 2.62 bits per heavy atom. The number of nitrogens with zero attached hydrogens (tertiary/aromatic N) is 2. The molecule has 0 aromatic heterocycles. The maximum absolute atomic E-state index is 12.5. The first-order valence-corrected chi connectivity index (χ1v) is 9.11. The van der Waals surface area contributed by atoms with Crippen molar-refractivity contribution in [2.75, 3.05) is 13.7 Å². The Balaban J connectivity index is 1.64. The van der Waals surface area contributed by atoms with Gasteiger partial charge in [-0.25, -0.2) is 0 Å². The van der Waals surface area contributed by atoms with Crippen LogP contribution < -0.4 is 9.47 Å². The largest absolute Gasteiger partial charge is 0.493 e. The first-order chi connectivity index (χ1) is 12.5. The summed E-state index contributed by atoms with van der Waals surface area (Å²) in [6, 6.07) is 6.91. The van der Waals surface area contributed by atoms with Crippen molar-refractivity contribution in [2.45, 2.75) is 45.1 Å². The van der Waals surface area contributed by atoms with Crippen LogP contribution in [0.15, 0.2) is 18.2 Å². The van der Waals surface area contributed by atoms with Crippen LogP contribution in [-0.2, 0) is 9.59 Å². The van der Waals surface area contributed by atoms with Crippen molar-refractivity contribution in [3.8, 4) is 17.6 Å². The van der Waals surface area contributed by atoms with E-state index in [1.807, 2.05) is 11.0 Å². The molecular formula is C20H24N2O4. The van der Waals surface area contributed by atoms with Crippen LogP contribution in [0.5, 0.6) is 11.5 Å². The first kappa shape index (κ1) is 18.2. The number of nitriles is 1. The maximum atomic E-state index is 12.5. The van der Waals surface area contributed by atoms with Crippen LogP contribution in [0.25, 0.3) is 0 Å². The second-order valence-corrected chi connectivity index (χ2v) is 7.26. The molecule has 2 aliphatic rings. The predicted octanol–water partition coefficient (Wildman–Crippen LogP) is 2.90. The Labute approximate surface area is 153 Å². The van der Waals surface area contributed by atoms with Gasteiger partial charge in [-0.05, 0) is 43.7 Å². The molecule has 0 N–H and O–H groups in total. The lowest BCUT2D eigenvalue weighted by atomic mass is 9.87. The van der Waals surface area contributed by atoms with Gasteiger partial charge < -0.3 is 14.4 Å². The SMILES string of the molecule is COc1cc(C#N)ccc1OC(=O)C1CC(=O)N(C2CCC(C)CC2)C1. The number of ether oxygens (including phenoxy) is 2. The van der Waals surface area contributed by atoms with Gasteiger partial charge in [0.05, 0.1) is 24.7 Å². The normalized spacial score (nSPS) is 25.7. The minimum absolute atomic E-state index is 0.0401. The average molecular weight is 356 g/mol. The molecule has 0 radical (unpaired) electrons. The van der Waals surface area contributed by atoms with Crippen LogP contribution in [0.4, 0.5) is 0 Å². The summed E-state index contributed by atoms with van der Waals surface area (Å²) in [6.45, 7) is 2.67. The van der Waals surface area contributed by atoms with Crippen LogP contribution >= 0.6 is 0 Å². The molecule has 138 valence electrons. The molecule has 1 aromatic rings. The molecule has 1 aliphatic heterocycles. The van der Waals surface area contributed by atoms with Crippen molar-refractivity contribution in [3.05, 3.63) is 23.8 Å². The van der Waals surface area contributed by atoms with Crippen molar-refractivity contribution in [1.82, 2.24) is 4.90 Å². The zero-order valence-corrected chi connectivity index (χ0v) is 15.2. The van der Waals surface area contributed by atoms with E-state index in [0.717, 1.165) is 25.7 Å². The van der Waals surface area contributed by atoms with Crippen LogP contribution in [0.3, 0.4) is 0 Å². The summed E-state index contributed by atoms with van der Waals surface area (Å²) >= 11 is 0. The molecule has 6 heteroatoms. The van der Waals surface area contributed by atoms with E-state index in [2.05, 4.69) is 6.92 Å². The van der Waals surface area contributed by atoms with Gasteiger partial charge in [0.25, 0.3) is 0 Å². The molecule has 26 heavy (non-hydrogen) atoms. The smallest absolute Gasteiger partial charge is 0.316 e. The van der Waals surface area contributed by atoms with Gasteiger partial charge in [-0.2, -0.15) is 5.26 Å². The second-order valence-electron chi connectivity index (χ2n) is 7.26. The lowest BCUT2D eigenvalue weighted by Crippen LogP contribution is -2.39. The molecular weight excluding hydrogens is 332 g/mol. The summed E-state index contributed by atoms with van der Waals surface area (Å²) in [5, 5.41) is 8.95. The van der Waals surface area contributed by atoms with E-state index in [4.69, 9.17) is 14.7 Å². The number of likely N-dealkylation sites (tertiary alicyclic amines) is 1. The summed E-state index contributed by atoms with van der Waals surface area (Å²) in [5.74, 6) is 0.482. The van der Waals surface area contributed by atoms with Crippen LogP contribution in [0.1, 0.15) is 44.6 Å². The molecule has 1 aromatic carbocycles. The molecule has 1 heterocycles. The van der Waals surface area contributed by atoms with Gasteiger partial charge in [0.1, 0.15) is 0 Å². The second kappa shape index (κ2) is 7.77. The Hall–Kier alpha value is -2.55. The van der Waals surface area contributed by atoms with Gasteiger partial charge in [-0.3, -0.25) is 9.59 Å². The summed E-state index contributed by atoms with van der Waals surface area (Å²) < 4.78 is 10.7. The fourth-order valence-electron chi connectivity index (χ4n) is 3.81. The molecule has 1 amide bonds. The van der Waals surface area contributed by atoms with Gasteiger partial charge in [-0.15, -0.1) is 0 Å². The third kappa shape index (κ3) is 3.82. The lowest BCUT2D eigenvalue weighted by Gasteiger charge is -2.33. The Bertz CT molecular complexity index is 732. The molecule has 0 spiro atoms. The van der Waals surface area contributed by atoms with Gasteiger partial charge >= 0.3 is 5.97 Å². The fraction of sp³-hybridized carbons (Fsp3) is 0.550. The maximum Gasteiger partial charge on any atom is 0.316 e. The third-order valence-electron chi connectivity index (χ3n) is 5.42. The highest BCUT2D eigenvalue weighted by Gasteiger charge is 2.39. The predicted molar refractivity (Wildman–Crippen MR) is 94.6 cm³/mol. The molecule has 1 saturated carbocycles. The molecule has 1 saturated heterocycles. The van der Waals surface area contributed by atoms with E-state index in [9.17, 15) is 9.59 Å². The number of benzene rings is 1. The minimum Gasteiger partial charge on any atom is -0.493 e. The van der Waals surface area contributed by atoms with E-state index in [1.54, 1.807) is 12.1 Å². The monoisotopic (exact) mass is 356 g/mol. The highest BCUT2D eigenvalue weighted by Crippen LogP contribution is 2.33. The summed E-state index contributed by atoms with van der Waals surface area (Å²) in [5.41, 5.74) is 0.426. The molecule has 0 bridgehead atoms. The van der Waals surface area contributed by atoms with E-state index in [1.165, 1.54) is 13.2 Å². The fourth-order valence-corrected chi connectivity index (χ4v) is 3.81. The Morgan fingerprint density at radius 1 is 1.23 bits per heavy atom. The number of carbonyl (C=O) groups is 2. The van der Waals surface area contributed by atoms with Gasteiger partial charge in [0.15, 0.2) is 11.5 Å². The quantitative estimate of drug-likeness (QED) is 0.612. The molecule has 1 atom stereocenters. The minimum atomic E-state index is -0.456. The van der Waals surface area contributed by atoms with E-state index in [0.29, 0.717) is 23.8 Å². The number of methoxy groups -OCH3 is 1. The summed E-state index contributed by atoms with van der Waals surface area (Å²) in [4.78, 5) is 26.8. The van der Waals surface area contributed by atoms with Crippen molar-refractivity contribution < 1.29 is 19.1 Å². The molecule has 1 aliphatic carbocycles. The number of hydrogen-bond donors (Lipinski definition) is 0. The van der Waals surface area contributed by atoms with Crippen LogP contribution in [0, 0.1) is 23.2 Å². The molecule has 6 nitrogen and oxygen atoms in total. The van der Waals surface area contributed by atoms with Crippen LogP contribution in [0.2, 0.25) is 0 Å². The van der Waals surface area contributed by atoms with E-state index in [-0.39, 0.29) is 24.1 Å². The zero-order chi connectivity index (χ0) is 18.7. The number of hydrogen-bond acceptors (Lipinski definition) is 5. The van der Waals surface area contributed by atoms with Crippen molar-refractivity contribution in [1.29, 1.82) is 5.26 Å². The summed E-state index contributed by atoms with van der Waals surface area (Å²) in [7, 11) is 1.46. The number of esters is 1. The highest BCUT2D eigenvalue weighted by molar-refractivity contribution is 5.88. The van der Waals surface area contributed by atoms with Crippen LogP contribution in [-0.4, -0.2) is 36.5 Å². The first-order valence-electron chi connectivity index (χ1n) is 9.11. The molecule has 3 rings (SSSR count). The lowest BCUT2D eigenvalue weighted by molar-refractivity contribution is -0.139. The molecule has 2 fully saturated rings. The third-order valence-corrected chi connectivity index (χ3v) is 5.42. The van der Waals surface area contributed by atoms with E-state index < -0.39 is 11.9 Å². The van der Waals surface area contributed by atoms with Crippen molar-refractivity contribution >= 4 is 11.9 Å². The molecule has 1 unspecified atom stereocenters. The number of rotatable bonds is 4. The van der Waals surface area contributed by atoms with Crippen molar-refractivity contribution in [3.63, 3.8) is 0 Å². The summed E-state index contributed by atoms with van der Waals surface area (Å²) in [6.07, 6.45) is 4.48. The highest BCUT2D eigenvalue weighted by atomic mass is 16.6. The van der Waals surface area contributed by atoms with Crippen molar-refractivity contribution in [2.24, 2.45) is 11.8 Å².